The molecule has 0 spiro atoms. The summed E-state index contributed by atoms with van der Waals surface area (Å²) in [5, 5.41) is 0. The van der Waals surface area contributed by atoms with Crippen LogP contribution >= 0.6 is 0 Å². The van der Waals surface area contributed by atoms with Gasteiger partial charge in [0.2, 0.25) is 5.95 Å². The first kappa shape index (κ1) is 12.3. The zero-order valence-corrected chi connectivity index (χ0v) is 11.3. The normalized spacial score (nSPS) is 10.7. The van der Waals surface area contributed by atoms with Gasteiger partial charge in [-0.15, -0.1) is 0 Å². The second kappa shape index (κ2) is 4.77. The molecule has 1 aromatic heterocycles. The first-order valence-electron chi connectivity index (χ1n) is 6.20. The second-order valence-corrected chi connectivity index (χ2v) is 4.33. The largest absolute Gasteiger partial charge is 0.497 e. The third-order valence-electron chi connectivity index (χ3n) is 3.22. The summed E-state index contributed by atoms with van der Waals surface area (Å²) in [6, 6.07) is 13.4. The molecule has 0 aliphatic carbocycles. The molecule has 3 aromatic rings. The highest BCUT2D eigenvalue weighted by Gasteiger charge is 2.13. The van der Waals surface area contributed by atoms with Crippen molar-refractivity contribution in [3.8, 4) is 17.2 Å². The van der Waals surface area contributed by atoms with Gasteiger partial charge in [-0.1, -0.05) is 6.07 Å². The van der Waals surface area contributed by atoms with E-state index in [9.17, 15) is 0 Å². The van der Waals surface area contributed by atoms with E-state index in [-0.39, 0.29) is 0 Å². The first-order valence-corrected chi connectivity index (χ1v) is 6.20. The predicted octanol–water partition coefficient (Wildman–Crippen LogP) is 2.62. The number of ether oxygens (including phenoxy) is 2. The summed E-state index contributed by atoms with van der Waals surface area (Å²) in [7, 11) is 3.26. The highest BCUT2D eigenvalue weighted by molar-refractivity contribution is 5.86. The van der Waals surface area contributed by atoms with E-state index in [0.29, 0.717) is 11.7 Å². The number of aromatic nitrogens is 2. The number of para-hydroxylation sites is 1. The fourth-order valence-corrected chi connectivity index (χ4v) is 2.26. The second-order valence-electron chi connectivity index (χ2n) is 4.33. The molecule has 3 rings (SSSR count). The van der Waals surface area contributed by atoms with Crippen molar-refractivity contribution in [1.82, 2.24) is 9.55 Å². The van der Waals surface area contributed by atoms with Gasteiger partial charge in [0.1, 0.15) is 17.0 Å². The average molecular weight is 269 g/mol. The number of nitrogens with two attached hydrogens (primary N) is 1. The number of hydrogen-bond acceptors (Lipinski definition) is 4. The molecule has 102 valence electrons. The predicted molar refractivity (Wildman–Crippen MR) is 78.6 cm³/mol. The Labute approximate surface area is 116 Å². The number of rotatable bonds is 3. The van der Waals surface area contributed by atoms with Crippen molar-refractivity contribution >= 4 is 17.0 Å². The molecule has 0 aliphatic rings. The van der Waals surface area contributed by atoms with Gasteiger partial charge in [0.05, 0.1) is 19.7 Å². The maximum atomic E-state index is 6.04. The van der Waals surface area contributed by atoms with Gasteiger partial charge in [0.15, 0.2) is 0 Å². The number of anilines is 1. The molecule has 20 heavy (non-hydrogen) atoms. The van der Waals surface area contributed by atoms with E-state index in [1.165, 1.54) is 0 Å². The summed E-state index contributed by atoms with van der Waals surface area (Å²) in [6.07, 6.45) is 0. The van der Waals surface area contributed by atoms with Crippen LogP contribution in [0.1, 0.15) is 0 Å². The van der Waals surface area contributed by atoms with Crippen LogP contribution in [0.3, 0.4) is 0 Å². The molecule has 0 radical (unpaired) electrons. The van der Waals surface area contributed by atoms with Crippen molar-refractivity contribution in [2.75, 3.05) is 20.0 Å². The molecule has 0 unspecified atom stereocenters. The monoisotopic (exact) mass is 269 g/mol. The smallest absolute Gasteiger partial charge is 0.206 e. The molecular formula is C15H15N3O2. The lowest BCUT2D eigenvalue weighted by atomic mass is 10.2. The van der Waals surface area contributed by atoms with Gasteiger partial charge < -0.3 is 15.2 Å². The maximum Gasteiger partial charge on any atom is 0.206 e. The highest BCUT2D eigenvalue weighted by atomic mass is 16.5. The molecule has 2 aromatic carbocycles. The Hall–Kier alpha value is -2.69. The fourth-order valence-electron chi connectivity index (χ4n) is 2.26. The Morgan fingerprint density at radius 1 is 1.00 bits per heavy atom. The Morgan fingerprint density at radius 2 is 1.75 bits per heavy atom. The van der Waals surface area contributed by atoms with Crippen molar-refractivity contribution in [2.24, 2.45) is 0 Å². The fraction of sp³-hybridized carbons (Fsp3) is 0.133. The molecule has 0 aliphatic heterocycles. The molecular weight excluding hydrogens is 254 g/mol. The van der Waals surface area contributed by atoms with Crippen LogP contribution in [0.5, 0.6) is 11.5 Å². The van der Waals surface area contributed by atoms with E-state index in [1.54, 1.807) is 14.2 Å². The van der Waals surface area contributed by atoms with Crippen LogP contribution in [-0.2, 0) is 0 Å². The van der Waals surface area contributed by atoms with Gasteiger partial charge in [0, 0.05) is 5.69 Å². The van der Waals surface area contributed by atoms with Crippen LogP contribution in [0.15, 0.2) is 42.5 Å². The van der Waals surface area contributed by atoms with E-state index in [0.717, 1.165) is 22.5 Å². The topological polar surface area (TPSA) is 62.3 Å². The SMILES string of the molecule is COc1ccc(-n2c(N)nc3c(OC)cccc32)cc1. The van der Waals surface area contributed by atoms with Gasteiger partial charge in [0.25, 0.3) is 0 Å². The van der Waals surface area contributed by atoms with Crippen molar-refractivity contribution in [3.05, 3.63) is 42.5 Å². The van der Waals surface area contributed by atoms with E-state index in [4.69, 9.17) is 15.2 Å². The molecule has 1 heterocycles. The lowest BCUT2D eigenvalue weighted by Gasteiger charge is -2.08. The maximum absolute atomic E-state index is 6.04. The third kappa shape index (κ3) is 1.84. The van der Waals surface area contributed by atoms with Gasteiger partial charge in [-0.25, -0.2) is 4.98 Å². The summed E-state index contributed by atoms with van der Waals surface area (Å²) in [5.74, 6) is 1.94. The zero-order chi connectivity index (χ0) is 14.1. The molecule has 2 N–H and O–H groups in total. The standard InChI is InChI=1S/C15H15N3O2/c1-19-11-8-6-10(7-9-11)18-12-4-3-5-13(20-2)14(12)17-15(18)16/h3-9H,1-2H3,(H2,16,17). The molecule has 0 atom stereocenters. The molecule has 0 saturated carbocycles. The molecule has 0 bridgehead atoms. The Balaban J connectivity index is 2.22. The minimum absolute atomic E-state index is 0.426. The quantitative estimate of drug-likeness (QED) is 0.794. The lowest BCUT2D eigenvalue weighted by Crippen LogP contribution is -2.00. The first-order chi connectivity index (χ1) is 9.74. The number of fused-ring (bicyclic) bond motifs is 1. The Bertz CT molecular complexity index is 748. The van der Waals surface area contributed by atoms with Crippen LogP contribution < -0.4 is 15.2 Å². The highest BCUT2D eigenvalue weighted by Crippen LogP contribution is 2.29. The molecule has 5 nitrogen and oxygen atoms in total. The number of methoxy groups -OCH3 is 2. The van der Waals surface area contributed by atoms with Gasteiger partial charge in [-0.05, 0) is 36.4 Å². The van der Waals surface area contributed by atoms with Gasteiger partial charge in [-0.3, -0.25) is 4.57 Å². The molecule has 0 saturated heterocycles. The summed E-state index contributed by atoms with van der Waals surface area (Å²) < 4.78 is 12.4. The summed E-state index contributed by atoms with van der Waals surface area (Å²) in [6.45, 7) is 0. The summed E-state index contributed by atoms with van der Waals surface area (Å²) in [4.78, 5) is 4.39. The van der Waals surface area contributed by atoms with Crippen molar-refractivity contribution in [1.29, 1.82) is 0 Å². The number of imidazole rings is 1. The Morgan fingerprint density at radius 3 is 2.40 bits per heavy atom. The van der Waals surface area contributed by atoms with Gasteiger partial charge in [-0.2, -0.15) is 0 Å². The van der Waals surface area contributed by atoms with Crippen molar-refractivity contribution in [2.45, 2.75) is 0 Å². The number of nitrogens with zero attached hydrogens (tertiary/aromatic N) is 2. The van der Waals surface area contributed by atoms with E-state index in [2.05, 4.69) is 4.98 Å². The Kier molecular flexibility index (Phi) is 2.95. The minimum atomic E-state index is 0.426. The van der Waals surface area contributed by atoms with E-state index in [1.807, 2.05) is 47.0 Å². The van der Waals surface area contributed by atoms with Crippen LogP contribution in [0.4, 0.5) is 5.95 Å². The molecule has 5 heteroatoms. The van der Waals surface area contributed by atoms with Gasteiger partial charge >= 0.3 is 0 Å². The molecule has 0 fully saturated rings. The minimum Gasteiger partial charge on any atom is -0.497 e. The number of hydrogen-bond donors (Lipinski definition) is 1. The average Bonchev–Trinajstić information content (AvgIpc) is 2.83. The third-order valence-corrected chi connectivity index (χ3v) is 3.22. The molecule has 0 amide bonds. The number of benzene rings is 2. The van der Waals surface area contributed by atoms with Crippen LogP contribution in [0.25, 0.3) is 16.7 Å². The number of nitrogen functional groups attached to an aromatic ring is 1. The lowest BCUT2D eigenvalue weighted by molar-refractivity contribution is 0.415. The van der Waals surface area contributed by atoms with E-state index < -0.39 is 0 Å². The van der Waals surface area contributed by atoms with Crippen LogP contribution in [0.2, 0.25) is 0 Å². The summed E-state index contributed by atoms with van der Waals surface area (Å²) in [5.41, 5.74) is 8.64. The summed E-state index contributed by atoms with van der Waals surface area (Å²) >= 11 is 0. The van der Waals surface area contributed by atoms with Crippen LogP contribution in [-0.4, -0.2) is 23.8 Å². The van der Waals surface area contributed by atoms with Crippen molar-refractivity contribution < 1.29 is 9.47 Å². The van der Waals surface area contributed by atoms with Crippen LogP contribution in [0, 0.1) is 0 Å². The van der Waals surface area contributed by atoms with E-state index >= 15 is 0 Å². The zero-order valence-electron chi connectivity index (χ0n) is 11.3. The van der Waals surface area contributed by atoms with Crippen molar-refractivity contribution in [3.63, 3.8) is 0 Å².